The molecule has 1 aliphatic rings. The van der Waals surface area contributed by atoms with Crippen LogP contribution in [0.25, 0.3) is 27.8 Å². The summed E-state index contributed by atoms with van der Waals surface area (Å²) in [5, 5.41) is 7.35. The van der Waals surface area contributed by atoms with Crippen molar-refractivity contribution in [1.82, 2.24) is 24.8 Å². The van der Waals surface area contributed by atoms with Crippen molar-refractivity contribution in [2.45, 2.75) is 24.2 Å². The van der Waals surface area contributed by atoms with E-state index in [2.05, 4.69) is 27.8 Å². The summed E-state index contributed by atoms with van der Waals surface area (Å²) in [6, 6.07) is 24.5. The second-order valence-electron chi connectivity index (χ2n) is 11.5. The second-order valence-corrected chi connectivity index (χ2v) is 13.6. The van der Waals surface area contributed by atoms with Gasteiger partial charge in [-0.1, -0.05) is 42.5 Å². The van der Waals surface area contributed by atoms with Gasteiger partial charge < -0.3 is 15.5 Å². The number of aromatic nitrogens is 3. The molecule has 2 aromatic heterocycles. The molecule has 0 radical (unpaired) electrons. The van der Waals surface area contributed by atoms with E-state index in [-0.39, 0.29) is 16.2 Å². The summed E-state index contributed by atoms with van der Waals surface area (Å²) in [6.45, 7) is 4.20. The minimum atomic E-state index is -3.56. The van der Waals surface area contributed by atoms with Crippen LogP contribution < -0.4 is 16.2 Å². The van der Waals surface area contributed by atoms with Gasteiger partial charge in [-0.2, -0.15) is 4.98 Å². The molecule has 1 fully saturated rings. The van der Waals surface area contributed by atoms with Gasteiger partial charge in [0.05, 0.1) is 16.3 Å². The SMILES string of the molecule is Cc1c(-c2cc3cnc(Nc4ccc(C5CCNC5)cc4)nc3n(-c3ccccc3)c2=O)cccc1S(=O)(=O)CCN(C)C. The Morgan fingerprint density at radius 1 is 1.00 bits per heavy atom. The topological polar surface area (TPSA) is 109 Å². The van der Waals surface area contributed by atoms with E-state index in [1.807, 2.05) is 61.5 Å². The van der Waals surface area contributed by atoms with Gasteiger partial charge in [0, 0.05) is 35.9 Å². The number of rotatable bonds is 9. The van der Waals surface area contributed by atoms with Crippen molar-refractivity contribution in [3.05, 3.63) is 107 Å². The van der Waals surface area contributed by atoms with Crippen LogP contribution >= 0.6 is 0 Å². The molecule has 0 amide bonds. The highest BCUT2D eigenvalue weighted by atomic mass is 32.2. The number of hydrogen-bond donors (Lipinski definition) is 2. The van der Waals surface area contributed by atoms with Gasteiger partial charge >= 0.3 is 0 Å². The Kier molecular flexibility index (Phi) is 8.31. The van der Waals surface area contributed by atoms with E-state index >= 15 is 0 Å². The van der Waals surface area contributed by atoms with Crippen molar-refractivity contribution in [3.8, 4) is 16.8 Å². The fourth-order valence-corrected chi connectivity index (χ4v) is 7.42. The van der Waals surface area contributed by atoms with Crippen LogP contribution in [0.5, 0.6) is 0 Å². The third-order valence-corrected chi connectivity index (χ3v) is 10.0. The molecule has 6 rings (SSSR count). The minimum absolute atomic E-state index is 0.0135. The zero-order valence-electron chi connectivity index (χ0n) is 25.1. The molecule has 44 heavy (non-hydrogen) atoms. The van der Waals surface area contributed by atoms with Crippen molar-refractivity contribution in [2.75, 3.05) is 44.8 Å². The number of anilines is 2. The summed E-state index contributed by atoms with van der Waals surface area (Å²) >= 11 is 0. The Bertz CT molecular complexity index is 1970. The second kappa shape index (κ2) is 12.3. The molecule has 3 aromatic carbocycles. The normalized spacial score (nSPS) is 15.2. The maximum Gasteiger partial charge on any atom is 0.264 e. The lowest BCUT2D eigenvalue weighted by Gasteiger charge is -2.17. The average molecular weight is 609 g/mol. The van der Waals surface area contributed by atoms with Crippen molar-refractivity contribution in [1.29, 1.82) is 0 Å². The van der Waals surface area contributed by atoms with Crippen LogP contribution in [-0.2, 0) is 9.84 Å². The molecule has 1 aliphatic heterocycles. The third-order valence-electron chi connectivity index (χ3n) is 8.17. The van der Waals surface area contributed by atoms with Crippen LogP contribution in [-0.4, -0.2) is 67.3 Å². The first kappa shape index (κ1) is 29.7. The van der Waals surface area contributed by atoms with Gasteiger partial charge in [-0.25, -0.2) is 13.4 Å². The maximum absolute atomic E-state index is 14.3. The maximum atomic E-state index is 14.3. The molecule has 1 atom stereocenters. The van der Waals surface area contributed by atoms with Crippen LogP contribution in [0.1, 0.15) is 23.5 Å². The summed E-state index contributed by atoms with van der Waals surface area (Å²) < 4.78 is 28.1. The summed E-state index contributed by atoms with van der Waals surface area (Å²) in [7, 11) is 0.118. The van der Waals surface area contributed by atoms with Crippen LogP contribution in [0, 0.1) is 6.92 Å². The summed E-state index contributed by atoms with van der Waals surface area (Å²) in [5.74, 6) is 0.883. The number of pyridine rings is 1. The Morgan fingerprint density at radius 3 is 2.48 bits per heavy atom. The van der Waals surface area contributed by atoms with Crippen molar-refractivity contribution >= 4 is 32.5 Å². The monoisotopic (exact) mass is 608 g/mol. The molecule has 1 unspecified atom stereocenters. The number of benzene rings is 3. The van der Waals surface area contributed by atoms with Gasteiger partial charge in [0.1, 0.15) is 0 Å². The fourth-order valence-electron chi connectivity index (χ4n) is 5.73. The summed E-state index contributed by atoms with van der Waals surface area (Å²) in [5.41, 5.74) is 4.44. The summed E-state index contributed by atoms with van der Waals surface area (Å²) in [4.78, 5) is 25.7. The zero-order chi connectivity index (χ0) is 30.8. The van der Waals surface area contributed by atoms with E-state index in [0.29, 0.717) is 51.8 Å². The Labute approximate surface area is 257 Å². The number of fused-ring (bicyclic) bond motifs is 1. The molecule has 3 heterocycles. The lowest BCUT2D eigenvalue weighted by atomic mass is 9.98. The van der Waals surface area contributed by atoms with Gasteiger partial charge in [-0.3, -0.25) is 9.36 Å². The lowest BCUT2D eigenvalue weighted by molar-refractivity contribution is 0.432. The van der Waals surface area contributed by atoms with Gasteiger partial charge in [0.15, 0.2) is 15.5 Å². The third kappa shape index (κ3) is 6.01. The number of sulfone groups is 1. The zero-order valence-corrected chi connectivity index (χ0v) is 25.9. The number of nitrogens with one attached hydrogen (secondary N) is 2. The predicted molar refractivity (Wildman–Crippen MR) is 176 cm³/mol. The van der Waals surface area contributed by atoms with Crippen molar-refractivity contribution in [2.24, 2.45) is 0 Å². The summed E-state index contributed by atoms with van der Waals surface area (Å²) in [6.07, 6.45) is 2.83. The van der Waals surface area contributed by atoms with E-state index in [4.69, 9.17) is 4.98 Å². The van der Waals surface area contributed by atoms with Crippen LogP contribution in [0.4, 0.5) is 11.6 Å². The molecule has 5 aromatic rings. The Morgan fingerprint density at radius 2 is 1.77 bits per heavy atom. The molecule has 1 saturated heterocycles. The number of hydrogen-bond acceptors (Lipinski definition) is 8. The highest BCUT2D eigenvalue weighted by Gasteiger charge is 2.22. The fraction of sp³-hybridized carbons (Fsp3) is 0.265. The van der Waals surface area contributed by atoms with E-state index in [1.54, 1.807) is 42.0 Å². The average Bonchev–Trinajstić information content (AvgIpc) is 3.56. The van der Waals surface area contributed by atoms with E-state index in [1.165, 1.54) is 5.56 Å². The molecule has 226 valence electrons. The van der Waals surface area contributed by atoms with Gasteiger partial charge in [-0.15, -0.1) is 0 Å². The molecule has 0 saturated carbocycles. The first-order chi connectivity index (χ1) is 21.2. The smallest absolute Gasteiger partial charge is 0.264 e. The van der Waals surface area contributed by atoms with Gasteiger partial charge in [-0.05, 0) is 93.0 Å². The van der Waals surface area contributed by atoms with Crippen LogP contribution in [0.3, 0.4) is 0 Å². The first-order valence-corrected chi connectivity index (χ1v) is 16.4. The van der Waals surface area contributed by atoms with Crippen molar-refractivity contribution < 1.29 is 8.42 Å². The predicted octanol–water partition coefficient (Wildman–Crippen LogP) is 4.91. The van der Waals surface area contributed by atoms with Crippen LogP contribution in [0.15, 0.2) is 94.7 Å². The molecule has 0 bridgehead atoms. The largest absolute Gasteiger partial charge is 0.324 e. The minimum Gasteiger partial charge on any atom is -0.324 e. The number of para-hydroxylation sites is 1. The molecular weight excluding hydrogens is 572 g/mol. The quantitative estimate of drug-likeness (QED) is 0.243. The molecule has 0 aliphatic carbocycles. The number of nitrogens with zero attached hydrogens (tertiary/aromatic N) is 4. The van der Waals surface area contributed by atoms with Crippen LogP contribution in [0.2, 0.25) is 0 Å². The molecule has 2 N–H and O–H groups in total. The van der Waals surface area contributed by atoms with Gasteiger partial charge in [0.2, 0.25) is 5.95 Å². The van der Waals surface area contributed by atoms with E-state index in [0.717, 1.165) is 25.2 Å². The highest BCUT2D eigenvalue weighted by molar-refractivity contribution is 7.91. The first-order valence-electron chi connectivity index (χ1n) is 14.7. The molecular formula is C34H36N6O3S. The van der Waals surface area contributed by atoms with E-state index in [9.17, 15) is 13.2 Å². The van der Waals surface area contributed by atoms with E-state index < -0.39 is 9.84 Å². The standard InChI is InChI=1S/C34H36N6O3S/c1-23-29(10-7-11-31(23)44(42,43)19-18-39(2)3)30-20-26-22-36-34(37-27-14-12-24(13-15-27)25-16-17-35-21-25)38-32(26)40(33(30)41)28-8-5-4-6-9-28/h4-15,20,22,25,35H,16-19,21H2,1-3H3,(H,36,37,38). The molecule has 0 spiro atoms. The Hall–Kier alpha value is -4.38. The highest BCUT2D eigenvalue weighted by Crippen LogP contribution is 2.30. The van der Waals surface area contributed by atoms with Crippen molar-refractivity contribution in [3.63, 3.8) is 0 Å². The lowest BCUT2D eigenvalue weighted by Crippen LogP contribution is -2.23. The Balaban J connectivity index is 1.43. The van der Waals surface area contributed by atoms with Gasteiger partial charge in [0.25, 0.3) is 5.56 Å². The molecule has 9 nitrogen and oxygen atoms in total. The molecule has 10 heteroatoms.